The highest BCUT2D eigenvalue weighted by atomic mass is 16.7. The van der Waals surface area contributed by atoms with Gasteiger partial charge in [-0.1, -0.05) is 65.5 Å². The first-order valence-electron chi connectivity index (χ1n) is 15.8. The van der Waals surface area contributed by atoms with Crippen LogP contribution < -0.4 is 4.74 Å². The van der Waals surface area contributed by atoms with E-state index in [0.29, 0.717) is 11.3 Å². The van der Waals surface area contributed by atoms with Crippen LogP contribution in [0.5, 0.6) is 5.75 Å². The molecule has 39 heavy (non-hydrogen) atoms. The number of fused-ring (bicyclic) bond motifs is 5. The Balaban J connectivity index is 1.21. The Hall–Kier alpha value is -2.10. The molecule has 3 saturated carbocycles. The van der Waals surface area contributed by atoms with E-state index < -0.39 is 6.16 Å². The second-order valence-electron chi connectivity index (χ2n) is 14.2. The Bertz CT molecular complexity index is 1040. The summed E-state index contributed by atoms with van der Waals surface area (Å²) in [4.78, 5) is 23.4. The number of benzene rings is 1. The predicted octanol–water partition coefficient (Wildman–Crippen LogP) is 9.28. The number of ether oxygens (including phenoxy) is 2. The van der Waals surface area contributed by atoms with Gasteiger partial charge in [-0.15, -0.1) is 0 Å². The number of carbonyl (C=O) groups is 2. The van der Waals surface area contributed by atoms with E-state index in [1.54, 1.807) is 24.3 Å². The zero-order valence-electron chi connectivity index (χ0n) is 24.9. The average Bonchev–Trinajstić information content (AvgIpc) is 3.36. The fourth-order valence-corrected chi connectivity index (χ4v) is 9.45. The maximum atomic E-state index is 12.5. The van der Waals surface area contributed by atoms with E-state index in [4.69, 9.17) is 9.47 Å². The topological polar surface area (TPSA) is 52.6 Å². The minimum Gasteiger partial charge on any atom is -0.430 e. The molecule has 3 fully saturated rings. The highest BCUT2D eigenvalue weighted by Crippen LogP contribution is 2.64. The molecule has 0 heterocycles. The second kappa shape index (κ2) is 11.8. The molecule has 0 unspecified atom stereocenters. The number of rotatable bonds is 8. The van der Waals surface area contributed by atoms with Gasteiger partial charge in [-0.3, -0.25) is 4.79 Å². The predicted molar refractivity (Wildman–Crippen MR) is 156 cm³/mol. The summed E-state index contributed by atoms with van der Waals surface area (Å²) >= 11 is 0. The quantitative estimate of drug-likeness (QED) is 0.144. The first-order chi connectivity index (χ1) is 18.7. The molecule has 0 radical (unpaired) electrons. The van der Waals surface area contributed by atoms with E-state index in [1.165, 1.54) is 50.5 Å². The van der Waals surface area contributed by atoms with Gasteiger partial charge in [0.05, 0.1) is 0 Å². The van der Waals surface area contributed by atoms with Gasteiger partial charge < -0.3 is 9.47 Å². The van der Waals surface area contributed by atoms with E-state index in [2.05, 4.69) is 40.7 Å². The van der Waals surface area contributed by atoms with Gasteiger partial charge >= 0.3 is 6.16 Å². The van der Waals surface area contributed by atoms with E-state index in [1.807, 2.05) is 0 Å². The lowest BCUT2D eigenvalue weighted by atomic mass is 9.48. The monoisotopic (exact) mass is 534 g/mol. The van der Waals surface area contributed by atoms with Gasteiger partial charge in [-0.25, -0.2) is 4.79 Å². The van der Waals surface area contributed by atoms with Crippen LogP contribution in [0.1, 0.15) is 109 Å². The summed E-state index contributed by atoms with van der Waals surface area (Å²) in [5.74, 6) is 7.19. The molecule has 5 rings (SSSR count). The lowest BCUT2D eigenvalue weighted by molar-refractivity contribution is -0.0448. The van der Waals surface area contributed by atoms with Crippen molar-refractivity contribution >= 4 is 12.4 Å². The van der Waals surface area contributed by atoms with E-state index >= 15 is 0 Å². The number of hydrogen-bond donors (Lipinski definition) is 0. The van der Waals surface area contributed by atoms with Crippen molar-refractivity contribution in [1.82, 2.24) is 0 Å². The van der Waals surface area contributed by atoms with Crippen LogP contribution in [0.2, 0.25) is 0 Å². The fourth-order valence-electron chi connectivity index (χ4n) is 9.45. The third-order valence-corrected chi connectivity index (χ3v) is 11.4. The van der Waals surface area contributed by atoms with Gasteiger partial charge in [0.15, 0.2) is 0 Å². The van der Waals surface area contributed by atoms with Crippen LogP contribution >= 0.6 is 0 Å². The van der Waals surface area contributed by atoms with Crippen LogP contribution in [-0.2, 0) is 4.74 Å². The lowest BCUT2D eigenvalue weighted by Crippen LogP contribution is -2.50. The molecule has 0 saturated heterocycles. The Morgan fingerprint density at radius 1 is 1.08 bits per heavy atom. The highest BCUT2D eigenvalue weighted by Gasteiger charge is 2.56. The highest BCUT2D eigenvalue weighted by molar-refractivity contribution is 5.75. The minimum absolute atomic E-state index is 0.126. The van der Waals surface area contributed by atoms with Crippen LogP contribution in [0.25, 0.3) is 0 Å². The molecule has 4 aliphatic carbocycles. The fraction of sp³-hybridized carbons (Fsp3) is 0.714. The standard InChI is InChI=1S/C35H50O4/c1-22(2)7-6-8-23(3)29-15-16-31-30-14-11-26-20-28(17-18-35(26,5)32(30)19-24(4)33(29)31)39-34(37)38-27-12-9-25(21-36)10-13-27/h9-13,21-24,28-33H,6-8,14-20H2,1-5H3/t23-,24+,28-,29-,30+,31-,32+,33-,35+/m0/s1. The first-order valence-corrected chi connectivity index (χ1v) is 15.8. The van der Waals surface area contributed by atoms with Crippen molar-refractivity contribution in [3.05, 3.63) is 41.5 Å². The third-order valence-electron chi connectivity index (χ3n) is 11.4. The summed E-state index contributed by atoms with van der Waals surface area (Å²) in [6.45, 7) is 12.4. The summed E-state index contributed by atoms with van der Waals surface area (Å²) in [7, 11) is 0. The van der Waals surface area contributed by atoms with Crippen molar-refractivity contribution in [1.29, 1.82) is 0 Å². The SMILES string of the molecule is CC(C)CCC[C@H](C)[C@@H]1CC[C@H]2[C@H]3CC=C4C[C@@H](OC(=O)Oc5ccc(C=O)cc5)CC[C@@]4(C)[C@@H]3C[C@@H](C)[C@@H]12. The zero-order chi connectivity index (χ0) is 27.7. The summed E-state index contributed by atoms with van der Waals surface area (Å²) < 4.78 is 11.2. The lowest BCUT2D eigenvalue weighted by Gasteiger charge is -2.57. The molecule has 4 heteroatoms. The largest absolute Gasteiger partial charge is 0.514 e. The molecule has 0 N–H and O–H groups in total. The van der Waals surface area contributed by atoms with Crippen molar-refractivity contribution in [2.75, 3.05) is 0 Å². The molecule has 4 nitrogen and oxygen atoms in total. The molecule has 4 aliphatic rings. The molecule has 0 amide bonds. The van der Waals surface area contributed by atoms with Crippen molar-refractivity contribution in [2.24, 2.45) is 52.8 Å². The van der Waals surface area contributed by atoms with Crippen LogP contribution in [0, 0.1) is 52.8 Å². The molecule has 1 aromatic carbocycles. The van der Waals surface area contributed by atoms with Crippen LogP contribution in [0.4, 0.5) is 4.79 Å². The molecule has 214 valence electrons. The maximum absolute atomic E-state index is 12.5. The number of allylic oxidation sites excluding steroid dienone is 1. The smallest absolute Gasteiger partial charge is 0.430 e. The maximum Gasteiger partial charge on any atom is 0.514 e. The molecular weight excluding hydrogens is 484 g/mol. The molecule has 0 aromatic heterocycles. The van der Waals surface area contributed by atoms with Gasteiger partial charge in [-0.05, 0) is 116 Å². The minimum atomic E-state index is -0.648. The van der Waals surface area contributed by atoms with Crippen LogP contribution in [0.15, 0.2) is 35.9 Å². The molecule has 0 spiro atoms. The second-order valence-corrected chi connectivity index (χ2v) is 14.2. The van der Waals surface area contributed by atoms with Gasteiger partial charge in [-0.2, -0.15) is 0 Å². The third kappa shape index (κ3) is 5.86. The van der Waals surface area contributed by atoms with E-state index in [-0.39, 0.29) is 11.5 Å². The number of carbonyl (C=O) groups excluding carboxylic acids is 2. The van der Waals surface area contributed by atoms with Gasteiger partial charge in [0.2, 0.25) is 0 Å². The summed E-state index contributed by atoms with van der Waals surface area (Å²) in [5, 5.41) is 0. The molecule has 0 bridgehead atoms. The summed E-state index contributed by atoms with van der Waals surface area (Å²) in [5.41, 5.74) is 2.31. The summed E-state index contributed by atoms with van der Waals surface area (Å²) in [6.07, 6.45) is 15.0. The average molecular weight is 535 g/mol. The summed E-state index contributed by atoms with van der Waals surface area (Å²) in [6, 6.07) is 6.54. The van der Waals surface area contributed by atoms with Gasteiger partial charge in [0.1, 0.15) is 18.1 Å². The van der Waals surface area contributed by atoms with E-state index in [0.717, 1.165) is 72.9 Å². The zero-order valence-corrected chi connectivity index (χ0v) is 24.9. The Morgan fingerprint density at radius 2 is 1.85 bits per heavy atom. The van der Waals surface area contributed by atoms with Gasteiger partial charge in [0.25, 0.3) is 0 Å². The Kier molecular flexibility index (Phi) is 8.59. The van der Waals surface area contributed by atoms with Crippen molar-refractivity contribution in [3.63, 3.8) is 0 Å². The molecule has 0 aliphatic heterocycles. The van der Waals surface area contributed by atoms with Crippen LogP contribution in [-0.4, -0.2) is 18.5 Å². The number of hydrogen-bond acceptors (Lipinski definition) is 4. The van der Waals surface area contributed by atoms with Crippen molar-refractivity contribution in [2.45, 2.75) is 105 Å². The van der Waals surface area contributed by atoms with Crippen molar-refractivity contribution in [3.8, 4) is 5.75 Å². The first kappa shape index (κ1) is 28.4. The van der Waals surface area contributed by atoms with E-state index in [9.17, 15) is 9.59 Å². The number of aldehydes is 1. The Labute approximate surface area is 236 Å². The molecule has 9 atom stereocenters. The normalized spacial score (nSPS) is 36.3. The molecular formula is C35H50O4. The Morgan fingerprint density at radius 3 is 2.56 bits per heavy atom. The van der Waals surface area contributed by atoms with Crippen molar-refractivity contribution < 1.29 is 19.1 Å². The van der Waals surface area contributed by atoms with Crippen LogP contribution in [0.3, 0.4) is 0 Å². The van der Waals surface area contributed by atoms with Gasteiger partial charge in [0, 0.05) is 12.0 Å². The molecule has 1 aromatic rings.